The Bertz CT molecular complexity index is 1310. The molecule has 3 aromatic carbocycles. The highest BCUT2D eigenvalue weighted by atomic mass is 16.5. The third-order valence-corrected chi connectivity index (χ3v) is 5.58. The van der Waals surface area contributed by atoms with Gasteiger partial charge in [-0.15, -0.1) is 0 Å². The molecular weight excluding hydrogens is 384 g/mol. The molecular formula is C26H20N4O. The van der Waals surface area contributed by atoms with Crippen LogP contribution >= 0.6 is 0 Å². The molecule has 150 valence electrons. The molecule has 1 unspecified atom stereocenters. The summed E-state index contributed by atoms with van der Waals surface area (Å²) in [4.78, 5) is 0. The minimum atomic E-state index is -0.337. The Balaban J connectivity index is 1.64. The van der Waals surface area contributed by atoms with Gasteiger partial charge < -0.3 is 10.5 Å². The summed E-state index contributed by atoms with van der Waals surface area (Å²) in [5.74, 6) is 0.331. The number of allylic oxidation sites excluding steroid dienone is 1. The summed E-state index contributed by atoms with van der Waals surface area (Å²) in [6, 6.07) is 30.5. The summed E-state index contributed by atoms with van der Waals surface area (Å²) in [5, 5.41) is 14.6. The second kappa shape index (κ2) is 7.51. The van der Waals surface area contributed by atoms with Crippen LogP contribution in [0.4, 0.5) is 0 Å². The zero-order chi connectivity index (χ0) is 21.4. The fraction of sp³-hybridized carbons (Fsp3) is 0.0769. The van der Waals surface area contributed by atoms with E-state index in [1.807, 2.05) is 67.6 Å². The quantitative estimate of drug-likeness (QED) is 0.517. The van der Waals surface area contributed by atoms with E-state index >= 15 is 0 Å². The first-order valence-electron chi connectivity index (χ1n) is 10.1. The molecule has 0 fully saturated rings. The standard InChI is InChI=1S/C26H20N4O/c1-17-23-24(20-14-12-19(13-15-20)18-8-4-2-5-9-18)22(16-27)25(28)31-26(23)30(29-17)21-10-6-3-7-11-21/h2-15,24H,28H2,1H3. The van der Waals surface area contributed by atoms with E-state index in [-0.39, 0.29) is 11.8 Å². The number of rotatable bonds is 3. The van der Waals surface area contributed by atoms with Gasteiger partial charge in [-0.25, -0.2) is 4.68 Å². The molecule has 2 N–H and O–H groups in total. The lowest BCUT2D eigenvalue weighted by molar-refractivity contribution is 0.367. The Morgan fingerprint density at radius 1 is 0.903 bits per heavy atom. The lowest BCUT2D eigenvalue weighted by Crippen LogP contribution is -2.22. The summed E-state index contributed by atoms with van der Waals surface area (Å²) in [5.41, 5.74) is 12.4. The number of fused-ring (bicyclic) bond motifs is 1. The van der Waals surface area contributed by atoms with Gasteiger partial charge in [-0.3, -0.25) is 0 Å². The summed E-state index contributed by atoms with van der Waals surface area (Å²) in [6.07, 6.45) is 0. The van der Waals surface area contributed by atoms with Gasteiger partial charge in [0.05, 0.1) is 22.9 Å². The van der Waals surface area contributed by atoms with Crippen molar-refractivity contribution >= 4 is 0 Å². The molecule has 1 aliphatic heterocycles. The van der Waals surface area contributed by atoms with Crippen molar-refractivity contribution in [1.82, 2.24) is 9.78 Å². The molecule has 0 amide bonds. The number of ether oxygens (including phenoxy) is 1. The number of hydrogen-bond donors (Lipinski definition) is 1. The molecule has 2 heterocycles. The van der Waals surface area contributed by atoms with E-state index in [4.69, 9.17) is 15.6 Å². The normalized spacial score (nSPS) is 15.2. The van der Waals surface area contributed by atoms with Crippen LogP contribution in [0, 0.1) is 18.3 Å². The number of nitrogens with two attached hydrogens (primary N) is 1. The zero-order valence-corrected chi connectivity index (χ0v) is 17.0. The van der Waals surface area contributed by atoms with E-state index in [9.17, 15) is 5.26 Å². The van der Waals surface area contributed by atoms with Gasteiger partial charge in [-0.05, 0) is 35.7 Å². The maximum atomic E-state index is 9.87. The van der Waals surface area contributed by atoms with Gasteiger partial charge in [-0.2, -0.15) is 10.4 Å². The van der Waals surface area contributed by atoms with Crippen molar-refractivity contribution in [3.63, 3.8) is 0 Å². The lowest BCUT2D eigenvalue weighted by atomic mass is 9.83. The van der Waals surface area contributed by atoms with Crippen LogP contribution in [0.15, 0.2) is 96.4 Å². The Hall–Kier alpha value is -4.30. The number of aryl methyl sites for hydroxylation is 1. The molecule has 4 aromatic rings. The molecule has 1 aromatic heterocycles. The van der Waals surface area contributed by atoms with E-state index < -0.39 is 0 Å². The number of benzene rings is 3. The van der Waals surface area contributed by atoms with Gasteiger partial charge in [-0.1, -0.05) is 72.8 Å². The molecule has 1 aliphatic rings. The molecule has 0 saturated heterocycles. The fourth-order valence-corrected chi connectivity index (χ4v) is 4.09. The number of para-hydroxylation sites is 1. The average Bonchev–Trinajstić information content (AvgIpc) is 3.15. The van der Waals surface area contributed by atoms with Crippen molar-refractivity contribution < 1.29 is 4.74 Å². The summed E-state index contributed by atoms with van der Waals surface area (Å²) in [6.45, 7) is 1.93. The third-order valence-electron chi connectivity index (χ3n) is 5.58. The van der Waals surface area contributed by atoms with Crippen LogP contribution < -0.4 is 10.5 Å². The highest BCUT2D eigenvalue weighted by Crippen LogP contribution is 2.44. The topological polar surface area (TPSA) is 76.9 Å². The molecule has 0 bridgehead atoms. The second-order valence-electron chi connectivity index (χ2n) is 7.46. The molecule has 1 atom stereocenters. The fourth-order valence-electron chi connectivity index (χ4n) is 4.09. The molecule has 5 nitrogen and oxygen atoms in total. The monoisotopic (exact) mass is 404 g/mol. The van der Waals surface area contributed by atoms with Crippen molar-refractivity contribution in [2.75, 3.05) is 0 Å². The Labute approximate surface area is 180 Å². The van der Waals surface area contributed by atoms with E-state index in [0.717, 1.165) is 33.6 Å². The maximum absolute atomic E-state index is 9.87. The van der Waals surface area contributed by atoms with Crippen molar-refractivity contribution in [3.8, 4) is 28.8 Å². The minimum Gasteiger partial charge on any atom is -0.422 e. The molecule has 0 spiro atoms. The first-order chi connectivity index (χ1) is 15.2. The zero-order valence-electron chi connectivity index (χ0n) is 17.0. The highest BCUT2D eigenvalue weighted by molar-refractivity contribution is 5.65. The van der Waals surface area contributed by atoms with Crippen molar-refractivity contribution in [2.45, 2.75) is 12.8 Å². The van der Waals surface area contributed by atoms with Crippen molar-refractivity contribution in [2.24, 2.45) is 5.73 Å². The molecule has 0 radical (unpaired) electrons. The van der Waals surface area contributed by atoms with E-state index in [1.165, 1.54) is 0 Å². The Morgan fingerprint density at radius 2 is 1.52 bits per heavy atom. The number of hydrogen-bond acceptors (Lipinski definition) is 4. The highest BCUT2D eigenvalue weighted by Gasteiger charge is 2.36. The van der Waals surface area contributed by atoms with E-state index in [2.05, 4.69) is 30.3 Å². The van der Waals surface area contributed by atoms with Gasteiger partial charge in [0.2, 0.25) is 11.8 Å². The first kappa shape index (κ1) is 18.7. The number of nitriles is 1. The van der Waals surface area contributed by atoms with Crippen LogP contribution in [0.25, 0.3) is 16.8 Å². The largest absolute Gasteiger partial charge is 0.422 e. The van der Waals surface area contributed by atoms with Crippen LogP contribution in [-0.4, -0.2) is 9.78 Å². The molecule has 0 saturated carbocycles. The SMILES string of the molecule is Cc1nn(-c2ccccc2)c2c1C(c1ccc(-c3ccccc3)cc1)C(C#N)=C(N)O2. The molecule has 0 aliphatic carbocycles. The van der Waals surface area contributed by atoms with Crippen LogP contribution in [0.3, 0.4) is 0 Å². The van der Waals surface area contributed by atoms with Gasteiger partial charge in [0.15, 0.2) is 0 Å². The number of aromatic nitrogens is 2. The van der Waals surface area contributed by atoms with Crippen molar-refractivity contribution in [1.29, 1.82) is 5.26 Å². The smallest absolute Gasteiger partial charge is 0.229 e. The lowest BCUT2D eigenvalue weighted by Gasteiger charge is -2.25. The minimum absolute atomic E-state index is 0.115. The maximum Gasteiger partial charge on any atom is 0.229 e. The third kappa shape index (κ3) is 3.15. The van der Waals surface area contributed by atoms with Crippen LogP contribution in [0.5, 0.6) is 5.88 Å². The van der Waals surface area contributed by atoms with Gasteiger partial charge in [0.25, 0.3) is 0 Å². The van der Waals surface area contributed by atoms with Crippen LogP contribution in [0.1, 0.15) is 22.7 Å². The van der Waals surface area contributed by atoms with E-state index in [0.29, 0.717) is 11.5 Å². The average molecular weight is 404 g/mol. The van der Waals surface area contributed by atoms with Gasteiger partial charge in [0, 0.05) is 0 Å². The Morgan fingerprint density at radius 3 is 2.16 bits per heavy atom. The summed E-state index contributed by atoms with van der Waals surface area (Å²) < 4.78 is 7.67. The van der Waals surface area contributed by atoms with Crippen LogP contribution in [0.2, 0.25) is 0 Å². The Kier molecular flexibility index (Phi) is 4.53. The number of nitrogens with zero attached hydrogens (tertiary/aromatic N) is 3. The van der Waals surface area contributed by atoms with Gasteiger partial charge >= 0.3 is 0 Å². The summed E-state index contributed by atoms with van der Waals surface area (Å²) >= 11 is 0. The first-order valence-corrected chi connectivity index (χ1v) is 10.1. The van der Waals surface area contributed by atoms with Crippen molar-refractivity contribution in [3.05, 3.63) is 113 Å². The van der Waals surface area contributed by atoms with E-state index in [1.54, 1.807) is 4.68 Å². The molecule has 31 heavy (non-hydrogen) atoms. The van der Waals surface area contributed by atoms with Crippen LogP contribution in [-0.2, 0) is 0 Å². The predicted molar refractivity (Wildman–Crippen MR) is 119 cm³/mol. The molecule has 5 heteroatoms. The summed E-state index contributed by atoms with van der Waals surface area (Å²) in [7, 11) is 0. The van der Waals surface area contributed by atoms with Gasteiger partial charge in [0.1, 0.15) is 11.6 Å². The molecule has 5 rings (SSSR count). The predicted octanol–water partition coefficient (Wildman–Crippen LogP) is 5.07. The second-order valence-corrected chi connectivity index (χ2v) is 7.46.